The number of aliphatic imine (C=N–C) groups is 2. The van der Waals surface area contributed by atoms with Crippen LogP contribution in [0.1, 0.15) is 81.4 Å². The first kappa shape index (κ1) is 35.0. The van der Waals surface area contributed by atoms with Gasteiger partial charge in [0.15, 0.2) is 11.4 Å². The average molecular weight is 771 g/mol. The first-order chi connectivity index (χ1) is 29.0. The number of fused-ring (bicyclic) bond motifs is 8. The van der Waals surface area contributed by atoms with E-state index < -0.39 is 0 Å². The molecule has 5 heteroatoms. The molecule has 4 heterocycles. The van der Waals surface area contributed by atoms with Crippen LogP contribution in [0.4, 0.5) is 5.69 Å². The van der Waals surface area contributed by atoms with Crippen molar-refractivity contribution in [1.82, 2.24) is 4.57 Å². The smallest absolute Gasteiger partial charge is 0.158 e. The molecule has 0 saturated heterocycles. The third-order valence-corrected chi connectivity index (χ3v) is 14.2. The average Bonchev–Trinajstić information content (AvgIpc) is 3.93. The summed E-state index contributed by atoms with van der Waals surface area (Å²) in [5.74, 6) is 2.98. The number of aromatic nitrogens is 1. The number of furan rings is 1. The number of amidine groups is 1. The lowest BCUT2D eigenvalue weighted by molar-refractivity contribution is 0.534. The molecule has 5 nitrogen and oxygen atoms in total. The Labute approximate surface area is 346 Å². The first-order valence-corrected chi connectivity index (χ1v) is 22.0. The van der Waals surface area contributed by atoms with Crippen LogP contribution in [0.3, 0.4) is 0 Å². The van der Waals surface area contributed by atoms with Crippen molar-refractivity contribution in [2.24, 2.45) is 27.7 Å². The highest BCUT2D eigenvalue weighted by atomic mass is 16.3. The number of aryl methyl sites for hydroxylation is 1. The monoisotopic (exact) mass is 770 g/mol. The molecule has 0 bridgehead atoms. The van der Waals surface area contributed by atoms with Crippen LogP contribution in [0.15, 0.2) is 147 Å². The van der Waals surface area contributed by atoms with E-state index in [9.17, 15) is 0 Å². The van der Waals surface area contributed by atoms with Crippen LogP contribution in [0.25, 0.3) is 40.5 Å². The molecule has 5 unspecified atom stereocenters. The number of allylic oxidation sites excluding steroid dienone is 12. The van der Waals surface area contributed by atoms with Crippen LogP contribution in [0.2, 0.25) is 0 Å². The van der Waals surface area contributed by atoms with Gasteiger partial charge >= 0.3 is 0 Å². The van der Waals surface area contributed by atoms with Crippen molar-refractivity contribution < 1.29 is 4.42 Å². The van der Waals surface area contributed by atoms with Crippen molar-refractivity contribution in [1.29, 1.82) is 0 Å². The van der Waals surface area contributed by atoms with Crippen LogP contribution in [0.5, 0.6) is 0 Å². The van der Waals surface area contributed by atoms with Crippen molar-refractivity contribution in [3.8, 4) is 5.69 Å². The van der Waals surface area contributed by atoms with Gasteiger partial charge in [0.25, 0.3) is 0 Å². The predicted octanol–water partition coefficient (Wildman–Crippen LogP) is 10.9. The Balaban J connectivity index is 1.01. The molecule has 0 fully saturated rings. The van der Waals surface area contributed by atoms with E-state index in [2.05, 4.69) is 157 Å². The summed E-state index contributed by atoms with van der Waals surface area (Å²) in [5.41, 5.74) is 13.6. The Morgan fingerprint density at radius 2 is 1.78 bits per heavy atom. The molecule has 59 heavy (non-hydrogen) atoms. The summed E-state index contributed by atoms with van der Waals surface area (Å²) in [6.45, 7) is 4.68. The van der Waals surface area contributed by atoms with Crippen molar-refractivity contribution >= 4 is 52.0 Å². The summed E-state index contributed by atoms with van der Waals surface area (Å²) in [4.78, 5) is 13.8. The largest absolute Gasteiger partial charge is 0.458 e. The molecule has 0 spiro atoms. The van der Waals surface area contributed by atoms with Gasteiger partial charge in [-0.1, -0.05) is 110 Å². The maximum atomic E-state index is 7.16. The summed E-state index contributed by atoms with van der Waals surface area (Å²) >= 11 is 0. The van der Waals surface area contributed by atoms with E-state index in [-0.39, 0.29) is 23.4 Å². The summed E-state index contributed by atoms with van der Waals surface area (Å²) in [6.07, 6.45) is 41.7. The van der Waals surface area contributed by atoms with Crippen LogP contribution < -0.4 is 15.5 Å². The fourth-order valence-electron chi connectivity index (χ4n) is 11.4. The van der Waals surface area contributed by atoms with Gasteiger partial charge in [0.05, 0.1) is 22.6 Å². The first-order valence-electron chi connectivity index (χ1n) is 22.0. The zero-order valence-corrected chi connectivity index (χ0v) is 34.1. The predicted molar refractivity (Wildman–Crippen MR) is 244 cm³/mol. The lowest BCUT2D eigenvalue weighted by atomic mass is 9.78. The molecule has 2 aromatic heterocycles. The minimum atomic E-state index is -0.339. The van der Waals surface area contributed by atoms with Crippen LogP contribution in [-0.4, -0.2) is 27.7 Å². The van der Waals surface area contributed by atoms with Gasteiger partial charge in [0, 0.05) is 69.2 Å². The van der Waals surface area contributed by atoms with Crippen molar-refractivity contribution in [2.45, 2.75) is 83.2 Å². The zero-order valence-electron chi connectivity index (χ0n) is 34.1. The molecule has 0 N–H and O–H groups in total. The van der Waals surface area contributed by atoms with E-state index >= 15 is 0 Å². The van der Waals surface area contributed by atoms with Crippen LogP contribution in [-0.2, 0) is 12.8 Å². The van der Waals surface area contributed by atoms with Gasteiger partial charge in [-0.2, -0.15) is 0 Å². The Kier molecular flexibility index (Phi) is 8.05. The van der Waals surface area contributed by atoms with Gasteiger partial charge in [-0.3, -0.25) is 4.99 Å². The quantitative estimate of drug-likeness (QED) is 0.203. The van der Waals surface area contributed by atoms with Gasteiger partial charge in [-0.05, 0) is 105 Å². The number of para-hydroxylation sites is 2. The van der Waals surface area contributed by atoms with Crippen LogP contribution >= 0.6 is 0 Å². The van der Waals surface area contributed by atoms with Gasteiger partial charge in [-0.25, -0.2) is 4.99 Å². The van der Waals surface area contributed by atoms with Crippen molar-refractivity contribution in [3.05, 3.63) is 165 Å². The fourth-order valence-corrected chi connectivity index (χ4v) is 11.4. The van der Waals surface area contributed by atoms with Gasteiger partial charge in [0.1, 0.15) is 5.76 Å². The Morgan fingerprint density at radius 3 is 2.64 bits per heavy atom. The fraction of sp³-hybridized carbons (Fsp3) is 0.296. The summed E-state index contributed by atoms with van der Waals surface area (Å²) in [7, 11) is 0. The van der Waals surface area contributed by atoms with Crippen molar-refractivity contribution in [3.63, 3.8) is 0 Å². The topological polar surface area (TPSA) is 46.0 Å². The Morgan fingerprint density at radius 1 is 0.864 bits per heavy atom. The number of rotatable bonds is 5. The molecule has 5 atom stereocenters. The molecule has 0 saturated carbocycles. The van der Waals surface area contributed by atoms with E-state index in [4.69, 9.17) is 14.4 Å². The van der Waals surface area contributed by atoms with Gasteiger partial charge in [0.2, 0.25) is 0 Å². The van der Waals surface area contributed by atoms with E-state index in [1.807, 2.05) is 0 Å². The Bertz CT molecular complexity index is 2910. The molecular formula is C54H50N4O. The van der Waals surface area contributed by atoms with Crippen LogP contribution in [0, 0.1) is 17.8 Å². The minimum absolute atomic E-state index is 0.129. The molecule has 12 rings (SSSR count). The molecule has 2 aliphatic heterocycles. The number of hydrogen-bond donors (Lipinski definition) is 0. The maximum Gasteiger partial charge on any atom is 0.158 e. The number of benzene rings is 2. The normalized spacial score (nSPS) is 27.5. The minimum Gasteiger partial charge on any atom is -0.458 e. The van der Waals surface area contributed by atoms with E-state index in [1.54, 1.807) is 0 Å². The van der Waals surface area contributed by atoms with Gasteiger partial charge < -0.3 is 13.9 Å². The second-order valence-electron chi connectivity index (χ2n) is 18.0. The molecule has 6 aliphatic carbocycles. The highest BCUT2D eigenvalue weighted by Crippen LogP contribution is 2.49. The Hall–Kier alpha value is -5.94. The second kappa shape index (κ2) is 13.6. The molecule has 0 amide bonds. The SMILES string of the molecule is CC1C=Cc2c(c3c(n2-c2ccccc2)=CC2C(C=3)C3=C(CCC=C3)N2c2cccc3c4c(oc23)CCC=C4C2=NC(C)(C3=CC=CCC3)CC(C3C=CC=CC3)=N2)C1. The molecule has 4 aromatic rings. The molecule has 2 aromatic carbocycles. The molecule has 292 valence electrons. The lowest BCUT2D eigenvalue weighted by Crippen LogP contribution is -2.42. The highest BCUT2D eigenvalue weighted by molar-refractivity contribution is 6.30. The molecule has 0 radical (unpaired) electrons. The van der Waals surface area contributed by atoms with E-state index in [0.717, 1.165) is 91.6 Å². The number of hydrogen-bond acceptors (Lipinski definition) is 4. The van der Waals surface area contributed by atoms with E-state index in [1.165, 1.54) is 55.6 Å². The standard InChI is InChI=1S/C54H50N4O/c1-34-28-29-46-41(30-34)43-31-42-38-22-12-13-25-45(38)58(49(42)32-48(43)57(46)37-20-10-5-11-21-37)47-26-14-23-39-51-40(24-15-27-50(51)59-52(39)47)53-55-44(35-16-6-3-7-17-35)33-54(2,56-53)36-18-8-4-9-19-36/h3-8,10-12,14,16,18,20-24,26,28-29,31-32,34-35,42,49H,9,13,15,17,19,25,27,30,33H2,1-2H3. The third-order valence-electron chi connectivity index (χ3n) is 14.2. The molecule has 8 aliphatic rings. The second-order valence-corrected chi connectivity index (χ2v) is 18.0. The summed E-state index contributed by atoms with van der Waals surface area (Å²) < 4.78 is 9.68. The highest BCUT2D eigenvalue weighted by Gasteiger charge is 2.43. The van der Waals surface area contributed by atoms with Gasteiger partial charge in [-0.15, -0.1) is 0 Å². The maximum absolute atomic E-state index is 7.16. The number of nitrogens with zero attached hydrogens (tertiary/aromatic N) is 4. The number of anilines is 1. The zero-order chi connectivity index (χ0) is 39.2. The molecular weight excluding hydrogens is 721 g/mol. The third kappa shape index (κ3) is 5.50. The van der Waals surface area contributed by atoms with E-state index in [0.29, 0.717) is 5.92 Å². The van der Waals surface area contributed by atoms with Crippen molar-refractivity contribution in [2.75, 3.05) is 4.90 Å². The summed E-state index contributed by atoms with van der Waals surface area (Å²) in [6, 6.07) is 17.9. The summed E-state index contributed by atoms with van der Waals surface area (Å²) in [5, 5.41) is 3.88. The lowest BCUT2D eigenvalue weighted by Gasteiger charge is -2.36.